The molecule has 2 aromatic heterocycles. The summed E-state index contributed by atoms with van der Waals surface area (Å²) in [7, 11) is 0. The van der Waals surface area contributed by atoms with Crippen LogP contribution in [0.15, 0.2) is 48.7 Å². The first-order valence-electron chi connectivity index (χ1n) is 7.68. The Morgan fingerprint density at radius 1 is 1.08 bits per heavy atom. The summed E-state index contributed by atoms with van der Waals surface area (Å²) in [5.41, 5.74) is 2.51. The third-order valence-electron chi connectivity index (χ3n) is 4.04. The molecular formula is C17H10N4O4S. The Kier molecular flexibility index (Phi) is 3.16. The number of fused-ring (bicyclic) bond motifs is 2. The van der Waals surface area contributed by atoms with Gasteiger partial charge in [-0.3, -0.25) is 10.1 Å². The Morgan fingerprint density at radius 3 is 2.62 bits per heavy atom. The van der Waals surface area contributed by atoms with Crippen molar-refractivity contribution >= 4 is 22.0 Å². The molecule has 0 radical (unpaired) electrons. The minimum absolute atomic E-state index is 0.0537. The summed E-state index contributed by atoms with van der Waals surface area (Å²) in [5, 5.41) is 16.1. The molecular weight excluding hydrogens is 356 g/mol. The highest BCUT2D eigenvalue weighted by molar-refractivity contribution is 7.19. The zero-order valence-electron chi connectivity index (χ0n) is 13.2. The van der Waals surface area contributed by atoms with Crippen LogP contribution < -0.4 is 9.47 Å². The summed E-state index contributed by atoms with van der Waals surface area (Å²) < 4.78 is 12.4. The van der Waals surface area contributed by atoms with Gasteiger partial charge in [0.2, 0.25) is 11.8 Å². The predicted octanol–water partition coefficient (Wildman–Crippen LogP) is 3.76. The van der Waals surface area contributed by atoms with E-state index in [1.807, 2.05) is 24.4 Å². The molecule has 8 nitrogen and oxygen atoms in total. The third-order valence-corrected chi connectivity index (χ3v) is 5.01. The van der Waals surface area contributed by atoms with Crippen LogP contribution >= 0.6 is 11.3 Å². The molecule has 0 atom stereocenters. The van der Waals surface area contributed by atoms with Gasteiger partial charge in [0.25, 0.3) is 5.69 Å². The van der Waals surface area contributed by atoms with Crippen LogP contribution in [0.5, 0.6) is 11.5 Å². The van der Waals surface area contributed by atoms with Crippen LogP contribution in [0.3, 0.4) is 0 Å². The predicted molar refractivity (Wildman–Crippen MR) is 94.5 cm³/mol. The maximum absolute atomic E-state index is 10.8. The molecule has 128 valence electrons. The van der Waals surface area contributed by atoms with Crippen LogP contribution in [0, 0.1) is 10.1 Å². The molecule has 4 aromatic rings. The number of rotatable bonds is 3. The highest BCUT2D eigenvalue weighted by Gasteiger charge is 2.17. The van der Waals surface area contributed by atoms with Crippen molar-refractivity contribution in [2.45, 2.75) is 0 Å². The number of hydrogen-bond donors (Lipinski definition) is 0. The van der Waals surface area contributed by atoms with Crippen molar-refractivity contribution in [3.05, 3.63) is 58.8 Å². The van der Waals surface area contributed by atoms with Gasteiger partial charge >= 0.3 is 0 Å². The van der Waals surface area contributed by atoms with E-state index < -0.39 is 4.92 Å². The lowest BCUT2D eigenvalue weighted by Gasteiger charge is -1.98. The summed E-state index contributed by atoms with van der Waals surface area (Å²) in [6.45, 7) is 0.235. The third kappa shape index (κ3) is 2.37. The Bertz CT molecular complexity index is 1120. The minimum Gasteiger partial charge on any atom is -0.454 e. The zero-order chi connectivity index (χ0) is 17.7. The number of aromatic nitrogens is 3. The molecule has 0 aliphatic carbocycles. The van der Waals surface area contributed by atoms with Crippen LogP contribution in [0.2, 0.25) is 0 Å². The van der Waals surface area contributed by atoms with E-state index in [-0.39, 0.29) is 12.5 Å². The van der Waals surface area contributed by atoms with Crippen LogP contribution in [0.4, 0.5) is 5.69 Å². The average Bonchev–Trinajstić information content (AvgIpc) is 3.35. The number of hydrogen-bond acceptors (Lipinski definition) is 7. The smallest absolute Gasteiger partial charge is 0.269 e. The first-order valence-corrected chi connectivity index (χ1v) is 8.50. The molecule has 1 aliphatic rings. The standard InChI is InChI=1S/C17H10N4O4S/c22-21(23)12-4-1-10(2-5-12)13-8-20-17(18-13)26-16(19-20)11-3-6-14-15(7-11)25-9-24-14/h1-8H,9H2. The van der Waals surface area contributed by atoms with Crippen molar-refractivity contribution in [1.82, 2.24) is 14.6 Å². The van der Waals surface area contributed by atoms with Crippen molar-refractivity contribution in [1.29, 1.82) is 0 Å². The Balaban J connectivity index is 1.48. The Morgan fingerprint density at radius 2 is 1.85 bits per heavy atom. The lowest BCUT2D eigenvalue weighted by atomic mass is 10.1. The number of nitro benzene ring substituents is 1. The summed E-state index contributed by atoms with van der Waals surface area (Å²) in [6, 6.07) is 12.0. The van der Waals surface area contributed by atoms with Gasteiger partial charge in [-0.25, -0.2) is 9.50 Å². The molecule has 0 unspecified atom stereocenters. The summed E-state index contributed by atoms with van der Waals surface area (Å²) >= 11 is 1.46. The first kappa shape index (κ1) is 14.8. The van der Waals surface area contributed by atoms with Gasteiger partial charge in [-0.1, -0.05) is 11.3 Å². The Labute approximate surface area is 150 Å². The number of imidazole rings is 1. The van der Waals surface area contributed by atoms with E-state index in [4.69, 9.17) is 9.47 Å². The zero-order valence-corrected chi connectivity index (χ0v) is 14.0. The molecule has 0 amide bonds. The minimum atomic E-state index is -0.422. The summed E-state index contributed by atoms with van der Waals surface area (Å²) in [5.74, 6) is 1.44. The van der Waals surface area contributed by atoms with Crippen LogP contribution in [-0.4, -0.2) is 26.3 Å². The van der Waals surface area contributed by atoms with E-state index >= 15 is 0 Å². The fourth-order valence-corrected chi connectivity index (χ4v) is 3.62. The molecule has 26 heavy (non-hydrogen) atoms. The SMILES string of the molecule is O=[N+]([O-])c1ccc(-c2cn3nc(-c4ccc5c(c4)OCO5)sc3n2)cc1. The number of non-ortho nitro benzene ring substituents is 1. The van der Waals surface area contributed by atoms with Gasteiger partial charge in [0.15, 0.2) is 11.5 Å². The van der Waals surface area contributed by atoms with Gasteiger partial charge in [0.05, 0.1) is 16.8 Å². The number of benzene rings is 2. The van der Waals surface area contributed by atoms with Crippen molar-refractivity contribution < 1.29 is 14.4 Å². The van der Waals surface area contributed by atoms with Gasteiger partial charge in [-0.2, -0.15) is 5.10 Å². The second kappa shape index (κ2) is 5.53. The number of ether oxygens (including phenoxy) is 2. The molecule has 2 aromatic carbocycles. The topological polar surface area (TPSA) is 91.8 Å². The van der Waals surface area contributed by atoms with Gasteiger partial charge in [-0.15, -0.1) is 0 Å². The molecule has 3 heterocycles. The average molecular weight is 366 g/mol. The Hall–Kier alpha value is -3.46. The van der Waals surface area contributed by atoms with Gasteiger partial charge < -0.3 is 9.47 Å². The maximum Gasteiger partial charge on any atom is 0.269 e. The van der Waals surface area contributed by atoms with E-state index in [1.165, 1.54) is 23.5 Å². The van der Waals surface area contributed by atoms with Crippen LogP contribution in [-0.2, 0) is 0 Å². The molecule has 0 saturated heterocycles. The molecule has 0 saturated carbocycles. The second-order valence-corrected chi connectivity index (χ2v) is 6.59. The van der Waals surface area contributed by atoms with E-state index in [0.29, 0.717) is 5.75 Å². The molecule has 0 bridgehead atoms. The summed E-state index contributed by atoms with van der Waals surface area (Å²) in [6.07, 6.45) is 1.81. The quantitative estimate of drug-likeness (QED) is 0.405. The lowest BCUT2D eigenvalue weighted by molar-refractivity contribution is -0.384. The molecule has 0 fully saturated rings. The number of nitro groups is 1. The van der Waals surface area contributed by atoms with Crippen molar-refractivity contribution in [2.24, 2.45) is 0 Å². The van der Waals surface area contributed by atoms with Gasteiger partial charge in [-0.05, 0) is 30.3 Å². The van der Waals surface area contributed by atoms with E-state index in [9.17, 15) is 10.1 Å². The monoisotopic (exact) mass is 366 g/mol. The second-order valence-electron chi connectivity index (χ2n) is 5.63. The lowest BCUT2D eigenvalue weighted by Crippen LogP contribution is -1.92. The van der Waals surface area contributed by atoms with Gasteiger partial charge in [0.1, 0.15) is 5.01 Å². The van der Waals surface area contributed by atoms with E-state index in [2.05, 4.69) is 10.1 Å². The number of nitrogens with zero attached hydrogens (tertiary/aromatic N) is 4. The first-order chi connectivity index (χ1) is 12.7. The normalized spacial score (nSPS) is 12.6. The molecule has 0 N–H and O–H groups in total. The molecule has 9 heteroatoms. The van der Waals surface area contributed by atoms with Crippen LogP contribution in [0.1, 0.15) is 0 Å². The van der Waals surface area contributed by atoms with Crippen LogP contribution in [0.25, 0.3) is 26.8 Å². The van der Waals surface area contributed by atoms with Crippen molar-refractivity contribution in [3.63, 3.8) is 0 Å². The van der Waals surface area contributed by atoms with E-state index in [1.54, 1.807) is 16.6 Å². The fourth-order valence-electron chi connectivity index (χ4n) is 2.74. The molecule has 5 rings (SSSR count). The van der Waals surface area contributed by atoms with Crippen molar-refractivity contribution in [3.8, 4) is 33.3 Å². The largest absolute Gasteiger partial charge is 0.454 e. The fraction of sp³-hybridized carbons (Fsp3) is 0.0588. The molecule has 1 aliphatic heterocycles. The van der Waals surface area contributed by atoms with Crippen molar-refractivity contribution in [2.75, 3.05) is 6.79 Å². The van der Waals surface area contributed by atoms with E-state index in [0.717, 1.165) is 32.5 Å². The summed E-state index contributed by atoms with van der Waals surface area (Å²) in [4.78, 5) is 15.6. The molecule has 0 spiro atoms. The highest BCUT2D eigenvalue weighted by atomic mass is 32.1. The van der Waals surface area contributed by atoms with Gasteiger partial charge in [0, 0.05) is 23.3 Å². The highest BCUT2D eigenvalue weighted by Crippen LogP contribution is 2.37. The maximum atomic E-state index is 10.8.